The standard InChI is InChI=1S/C24H31N5OSi.C23H29N5O2Si/c1-17-13-19(21-11-12-28(5)27-21)20-15-25-29(22(20)14-17)23-10-8-9-18(26-23)16-30-31(6,7)24(2,3)4;1-23(2,3)31(5,6)30-15-16-8-7-9-22(25-16)28-21-13-17(29)12-18(19(21)14-24-28)20-10-11-27(4)26-20/h8-15H,16H2,1-7H3;7-14,29H,15H2,1-6H3. The van der Waals surface area contributed by atoms with Gasteiger partial charge < -0.3 is 14.0 Å². The van der Waals surface area contributed by atoms with E-state index in [4.69, 9.17) is 18.8 Å². The number of hydrogen-bond acceptors (Lipinski definition) is 9. The Balaban J connectivity index is 0.000000186. The third-order valence-corrected chi connectivity index (χ3v) is 21.2. The maximum Gasteiger partial charge on any atom is 0.192 e. The highest BCUT2D eigenvalue weighted by molar-refractivity contribution is 6.74. The normalized spacial score (nSPS) is 12.6. The van der Waals surface area contributed by atoms with Crippen molar-refractivity contribution in [2.24, 2.45) is 14.1 Å². The Kier molecular flexibility index (Phi) is 12.0. The molecule has 0 radical (unpaired) electrons. The molecule has 8 aromatic rings. The Labute approximate surface area is 366 Å². The number of rotatable bonds is 10. The lowest BCUT2D eigenvalue weighted by atomic mass is 10.0. The fourth-order valence-corrected chi connectivity index (χ4v) is 8.44. The predicted octanol–water partition coefficient (Wildman–Crippen LogP) is 10.7. The molecule has 0 bridgehead atoms. The molecule has 0 atom stereocenters. The molecule has 0 saturated heterocycles. The minimum absolute atomic E-state index is 0.141. The van der Waals surface area contributed by atoms with Crippen molar-refractivity contribution in [2.45, 2.75) is 97.9 Å². The van der Waals surface area contributed by atoms with Crippen LogP contribution in [0.5, 0.6) is 5.75 Å². The smallest absolute Gasteiger partial charge is 0.192 e. The lowest BCUT2D eigenvalue weighted by Crippen LogP contribution is -2.40. The first-order chi connectivity index (χ1) is 29.1. The number of benzene rings is 2. The molecule has 324 valence electrons. The SMILES string of the molecule is Cc1cc(-c2ccn(C)n2)c2cnn(-c3cccc(CO[Si](C)(C)C(C)(C)C)n3)c2c1.Cn1ccc(-c2cc(O)cc3c2cnn3-c2cccc(CO[Si](C)(C)C(C)(C)C)n2)n1. The summed E-state index contributed by atoms with van der Waals surface area (Å²) in [7, 11) is 0.0944. The van der Waals surface area contributed by atoms with Crippen molar-refractivity contribution in [1.29, 1.82) is 0 Å². The summed E-state index contributed by atoms with van der Waals surface area (Å²) in [5.41, 5.74) is 8.38. The van der Waals surface area contributed by atoms with E-state index in [-0.39, 0.29) is 15.8 Å². The van der Waals surface area contributed by atoms with Crippen molar-refractivity contribution in [3.05, 3.63) is 115 Å². The molecule has 0 saturated carbocycles. The minimum atomic E-state index is -1.87. The van der Waals surface area contributed by atoms with Gasteiger partial charge in [-0.1, -0.05) is 53.7 Å². The average molecular weight is 869 g/mol. The molecule has 0 spiro atoms. The molecular formula is C47H60N10O3Si2. The number of pyridine rings is 2. The Morgan fingerprint density at radius 1 is 0.597 bits per heavy atom. The van der Waals surface area contributed by atoms with E-state index in [1.807, 2.05) is 90.6 Å². The lowest BCUT2D eigenvalue weighted by Gasteiger charge is -2.36. The average Bonchev–Trinajstić information content (AvgIpc) is 4.02. The second-order valence-electron chi connectivity index (χ2n) is 19.1. The van der Waals surface area contributed by atoms with Crippen LogP contribution in [0.1, 0.15) is 58.5 Å². The summed E-state index contributed by atoms with van der Waals surface area (Å²) in [5.74, 6) is 1.64. The van der Waals surface area contributed by atoms with Crippen molar-refractivity contribution in [3.63, 3.8) is 0 Å². The van der Waals surface area contributed by atoms with Gasteiger partial charge in [0.05, 0.1) is 59.4 Å². The first-order valence-electron chi connectivity index (χ1n) is 21.0. The van der Waals surface area contributed by atoms with Gasteiger partial charge in [0.1, 0.15) is 5.75 Å². The molecule has 6 heterocycles. The molecule has 1 N–H and O–H groups in total. The quantitative estimate of drug-likeness (QED) is 0.133. The molecule has 13 nitrogen and oxygen atoms in total. The zero-order valence-corrected chi connectivity index (χ0v) is 40.4. The van der Waals surface area contributed by atoms with E-state index in [0.29, 0.717) is 19.0 Å². The Morgan fingerprint density at radius 3 is 1.45 bits per heavy atom. The highest BCUT2D eigenvalue weighted by Gasteiger charge is 2.38. The summed E-state index contributed by atoms with van der Waals surface area (Å²) in [6.07, 6.45) is 7.53. The van der Waals surface area contributed by atoms with Gasteiger partial charge in [-0.25, -0.2) is 19.3 Å². The van der Waals surface area contributed by atoms with E-state index in [0.717, 1.165) is 67.1 Å². The number of nitrogens with zero attached hydrogens (tertiary/aromatic N) is 10. The van der Waals surface area contributed by atoms with Crippen LogP contribution in [-0.4, -0.2) is 70.8 Å². The van der Waals surface area contributed by atoms with Gasteiger partial charge in [-0.15, -0.1) is 0 Å². The highest BCUT2D eigenvalue weighted by atomic mass is 28.4. The molecule has 0 aliphatic rings. The summed E-state index contributed by atoms with van der Waals surface area (Å²) in [5, 5.41) is 30.9. The summed E-state index contributed by atoms with van der Waals surface area (Å²) >= 11 is 0. The third-order valence-electron chi connectivity index (χ3n) is 12.3. The molecule has 6 aromatic heterocycles. The predicted molar refractivity (Wildman–Crippen MR) is 253 cm³/mol. The van der Waals surface area contributed by atoms with E-state index in [9.17, 15) is 5.11 Å². The van der Waals surface area contributed by atoms with Gasteiger partial charge in [-0.2, -0.15) is 20.4 Å². The number of aromatic nitrogens is 10. The summed E-state index contributed by atoms with van der Waals surface area (Å²) in [6.45, 7) is 25.5. The minimum Gasteiger partial charge on any atom is -0.508 e. The second kappa shape index (κ2) is 16.8. The van der Waals surface area contributed by atoms with Crippen molar-refractivity contribution < 1.29 is 14.0 Å². The molecular weight excluding hydrogens is 809 g/mol. The first-order valence-corrected chi connectivity index (χ1v) is 26.8. The van der Waals surface area contributed by atoms with Gasteiger partial charge in [-0.05, 0) is 103 Å². The van der Waals surface area contributed by atoms with Crippen molar-refractivity contribution in [2.75, 3.05) is 0 Å². The number of phenols is 1. The van der Waals surface area contributed by atoms with E-state index < -0.39 is 16.6 Å². The Hall–Kier alpha value is -5.75. The van der Waals surface area contributed by atoms with E-state index in [2.05, 4.69) is 107 Å². The zero-order valence-electron chi connectivity index (χ0n) is 38.4. The molecule has 2 aromatic carbocycles. The van der Waals surface area contributed by atoms with Gasteiger partial charge in [-0.3, -0.25) is 9.36 Å². The van der Waals surface area contributed by atoms with Crippen LogP contribution in [0.25, 0.3) is 56.0 Å². The van der Waals surface area contributed by atoms with Gasteiger partial charge in [0.2, 0.25) is 0 Å². The van der Waals surface area contributed by atoms with Crippen molar-refractivity contribution in [3.8, 4) is 39.9 Å². The lowest BCUT2D eigenvalue weighted by molar-refractivity contribution is 0.272. The van der Waals surface area contributed by atoms with Crippen LogP contribution < -0.4 is 0 Å². The van der Waals surface area contributed by atoms with Crippen LogP contribution in [0.3, 0.4) is 0 Å². The molecule has 0 unspecified atom stereocenters. The van der Waals surface area contributed by atoms with E-state index in [1.165, 1.54) is 0 Å². The Bertz CT molecular complexity index is 2660. The number of fused-ring (bicyclic) bond motifs is 2. The van der Waals surface area contributed by atoms with Crippen LogP contribution in [-0.2, 0) is 36.2 Å². The fraction of sp³-hybridized carbons (Fsp3) is 0.362. The number of aromatic hydroxyl groups is 1. The van der Waals surface area contributed by atoms with Crippen LogP contribution in [0.2, 0.25) is 36.3 Å². The number of hydrogen-bond donors (Lipinski definition) is 1. The maximum atomic E-state index is 10.4. The van der Waals surface area contributed by atoms with Crippen LogP contribution in [0.4, 0.5) is 0 Å². The Morgan fingerprint density at radius 2 is 1.03 bits per heavy atom. The summed E-state index contributed by atoms with van der Waals surface area (Å²) in [6, 6.07) is 23.6. The molecule has 8 rings (SSSR count). The molecule has 0 aliphatic heterocycles. The summed E-state index contributed by atoms with van der Waals surface area (Å²) in [4.78, 5) is 9.65. The summed E-state index contributed by atoms with van der Waals surface area (Å²) < 4.78 is 19.9. The fourth-order valence-electron chi connectivity index (χ4n) is 6.56. The van der Waals surface area contributed by atoms with Gasteiger partial charge in [0, 0.05) is 54.5 Å². The van der Waals surface area contributed by atoms with Gasteiger partial charge >= 0.3 is 0 Å². The monoisotopic (exact) mass is 868 g/mol. The third kappa shape index (κ3) is 9.35. The molecule has 62 heavy (non-hydrogen) atoms. The highest BCUT2D eigenvalue weighted by Crippen LogP contribution is 2.39. The topological polar surface area (TPSA) is 136 Å². The van der Waals surface area contributed by atoms with Gasteiger partial charge in [0.15, 0.2) is 28.3 Å². The first kappa shape index (κ1) is 44.3. The van der Waals surface area contributed by atoms with E-state index >= 15 is 0 Å². The van der Waals surface area contributed by atoms with Crippen LogP contribution >= 0.6 is 0 Å². The second-order valence-corrected chi connectivity index (χ2v) is 28.7. The largest absolute Gasteiger partial charge is 0.508 e. The van der Waals surface area contributed by atoms with E-state index in [1.54, 1.807) is 27.7 Å². The van der Waals surface area contributed by atoms with Crippen LogP contribution in [0, 0.1) is 6.92 Å². The molecule has 0 amide bonds. The molecule has 0 aliphatic carbocycles. The maximum absolute atomic E-state index is 10.4. The number of phenolic OH excluding ortho intramolecular Hbond substituents is 1. The number of aryl methyl sites for hydroxylation is 3. The molecule has 15 heteroatoms. The van der Waals surface area contributed by atoms with Crippen molar-refractivity contribution in [1.82, 2.24) is 49.1 Å². The van der Waals surface area contributed by atoms with Gasteiger partial charge in [0.25, 0.3) is 0 Å². The molecule has 0 fully saturated rings. The zero-order chi connectivity index (χ0) is 44.8. The van der Waals surface area contributed by atoms with Crippen molar-refractivity contribution >= 4 is 38.4 Å². The van der Waals surface area contributed by atoms with Crippen LogP contribution in [0.15, 0.2) is 97.6 Å².